The van der Waals surface area contributed by atoms with Crippen LogP contribution in [0, 0.1) is 5.82 Å². The highest BCUT2D eigenvalue weighted by molar-refractivity contribution is 5.97. The lowest BCUT2D eigenvalue weighted by molar-refractivity contribution is 0.0907. The van der Waals surface area contributed by atoms with Crippen molar-refractivity contribution >= 4 is 5.84 Å². The summed E-state index contributed by atoms with van der Waals surface area (Å²) in [6.45, 7) is 1.90. The van der Waals surface area contributed by atoms with Crippen molar-refractivity contribution < 1.29 is 19.4 Å². The van der Waals surface area contributed by atoms with E-state index in [1.807, 2.05) is 0 Å². The molecule has 7 heteroatoms. The third kappa shape index (κ3) is 5.12. The third-order valence-electron chi connectivity index (χ3n) is 2.66. The number of benzene rings is 1. The highest BCUT2D eigenvalue weighted by Crippen LogP contribution is 2.12. The third-order valence-corrected chi connectivity index (χ3v) is 2.66. The van der Waals surface area contributed by atoms with Crippen molar-refractivity contribution in [3.63, 3.8) is 0 Å². The molecule has 0 aliphatic carbocycles. The Morgan fingerprint density at radius 1 is 1.40 bits per heavy atom. The van der Waals surface area contributed by atoms with Gasteiger partial charge in [0.1, 0.15) is 5.82 Å². The maximum Gasteiger partial charge on any atom is 0.173 e. The van der Waals surface area contributed by atoms with Gasteiger partial charge in [-0.15, -0.1) is 0 Å². The van der Waals surface area contributed by atoms with Gasteiger partial charge >= 0.3 is 0 Å². The zero-order valence-corrected chi connectivity index (χ0v) is 11.2. The van der Waals surface area contributed by atoms with Gasteiger partial charge in [0.05, 0.1) is 18.8 Å². The SMILES string of the molecule is N/C(=N/O)c1cccc(CNCCCOCCO)c1F. The molecule has 0 aliphatic rings. The van der Waals surface area contributed by atoms with E-state index >= 15 is 0 Å². The highest BCUT2D eigenvalue weighted by atomic mass is 19.1. The zero-order chi connectivity index (χ0) is 14.8. The van der Waals surface area contributed by atoms with Crippen LogP contribution >= 0.6 is 0 Å². The van der Waals surface area contributed by atoms with Gasteiger partial charge in [-0.1, -0.05) is 17.3 Å². The van der Waals surface area contributed by atoms with E-state index in [9.17, 15) is 4.39 Å². The molecular weight excluding hydrogens is 265 g/mol. The monoisotopic (exact) mass is 285 g/mol. The molecule has 0 atom stereocenters. The topological polar surface area (TPSA) is 100 Å². The van der Waals surface area contributed by atoms with Crippen LogP contribution in [0.3, 0.4) is 0 Å². The van der Waals surface area contributed by atoms with Crippen molar-refractivity contribution in [3.05, 3.63) is 35.1 Å². The molecule has 0 amide bonds. The molecule has 0 heterocycles. The Balaban J connectivity index is 2.41. The number of aliphatic hydroxyl groups excluding tert-OH is 1. The van der Waals surface area contributed by atoms with Crippen LogP contribution in [0.1, 0.15) is 17.5 Å². The van der Waals surface area contributed by atoms with Crippen LogP contribution in [0.25, 0.3) is 0 Å². The van der Waals surface area contributed by atoms with E-state index < -0.39 is 5.82 Å². The van der Waals surface area contributed by atoms with Crippen LogP contribution in [-0.4, -0.2) is 42.5 Å². The second-order valence-corrected chi connectivity index (χ2v) is 4.13. The first-order valence-corrected chi connectivity index (χ1v) is 6.35. The van der Waals surface area contributed by atoms with Gasteiger partial charge in [0.2, 0.25) is 0 Å². The Morgan fingerprint density at radius 3 is 2.90 bits per heavy atom. The fraction of sp³-hybridized carbons (Fsp3) is 0.462. The van der Waals surface area contributed by atoms with Crippen molar-refractivity contribution in [1.82, 2.24) is 5.32 Å². The van der Waals surface area contributed by atoms with Gasteiger partial charge in [-0.05, 0) is 19.0 Å². The molecule has 20 heavy (non-hydrogen) atoms. The number of nitrogens with one attached hydrogen (secondary N) is 1. The molecule has 0 unspecified atom stereocenters. The first kappa shape index (κ1) is 16.4. The predicted molar refractivity (Wildman–Crippen MR) is 73.1 cm³/mol. The number of nitrogens with two attached hydrogens (primary N) is 1. The van der Waals surface area contributed by atoms with E-state index in [0.29, 0.717) is 31.9 Å². The Labute approximate surface area is 117 Å². The van der Waals surface area contributed by atoms with E-state index in [2.05, 4.69) is 10.5 Å². The molecule has 0 aromatic heterocycles. The largest absolute Gasteiger partial charge is 0.409 e. The van der Waals surface area contributed by atoms with E-state index in [0.717, 1.165) is 6.42 Å². The van der Waals surface area contributed by atoms with Crippen LogP contribution < -0.4 is 11.1 Å². The van der Waals surface area contributed by atoms with Crippen LogP contribution in [0.4, 0.5) is 4.39 Å². The van der Waals surface area contributed by atoms with Crippen molar-refractivity contribution in [3.8, 4) is 0 Å². The first-order chi connectivity index (χ1) is 9.70. The molecule has 0 saturated carbocycles. The molecule has 112 valence electrons. The summed E-state index contributed by atoms with van der Waals surface area (Å²) in [5.41, 5.74) is 5.92. The lowest BCUT2D eigenvalue weighted by Gasteiger charge is -2.09. The van der Waals surface area contributed by atoms with Crippen LogP contribution in [0.5, 0.6) is 0 Å². The lowest BCUT2D eigenvalue weighted by atomic mass is 10.1. The van der Waals surface area contributed by atoms with E-state index in [1.165, 1.54) is 6.07 Å². The summed E-state index contributed by atoms with van der Waals surface area (Å²) in [6, 6.07) is 4.74. The average Bonchev–Trinajstić information content (AvgIpc) is 2.47. The molecule has 0 aliphatic heterocycles. The lowest BCUT2D eigenvalue weighted by Crippen LogP contribution is -2.20. The quantitative estimate of drug-likeness (QED) is 0.173. The van der Waals surface area contributed by atoms with Gasteiger partial charge in [-0.25, -0.2) is 4.39 Å². The number of ether oxygens (including phenoxy) is 1. The predicted octanol–water partition coefficient (Wildman–Crippen LogP) is 0.409. The minimum Gasteiger partial charge on any atom is -0.409 e. The van der Waals surface area contributed by atoms with Crippen molar-refractivity contribution in [1.29, 1.82) is 0 Å². The number of oxime groups is 1. The molecule has 1 aromatic rings. The minimum absolute atomic E-state index is 0.0132. The van der Waals surface area contributed by atoms with Crippen LogP contribution in [0.15, 0.2) is 23.4 Å². The Hall–Kier alpha value is -1.70. The Morgan fingerprint density at radius 2 is 2.20 bits per heavy atom. The molecule has 0 radical (unpaired) electrons. The number of hydrogen-bond acceptors (Lipinski definition) is 5. The normalized spacial score (nSPS) is 11.8. The average molecular weight is 285 g/mol. The maximum absolute atomic E-state index is 14.0. The molecular formula is C13H20FN3O3. The highest BCUT2D eigenvalue weighted by Gasteiger charge is 2.10. The summed E-state index contributed by atoms with van der Waals surface area (Å²) in [6.07, 6.45) is 0.765. The fourth-order valence-corrected chi connectivity index (χ4v) is 1.66. The van der Waals surface area contributed by atoms with Crippen LogP contribution in [-0.2, 0) is 11.3 Å². The van der Waals surface area contributed by atoms with Gasteiger partial charge in [0.25, 0.3) is 0 Å². The molecule has 1 aromatic carbocycles. The first-order valence-electron chi connectivity index (χ1n) is 6.35. The second kappa shape index (κ2) is 9.24. The fourth-order valence-electron chi connectivity index (χ4n) is 1.66. The smallest absolute Gasteiger partial charge is 0.173 e. The summed E-state index contributed by atoms with van der Waals surface area (Å²) >= 11 is 0. The zero-order valence-electron chi connectivity index (χ0n) is 11.2. The van der Waals surface area contributed by atoms with Gasteiger partial charge < -0.3 is 26.1 Å². The van der Waals surface area contributed by atoms with Crippen molar-refractivity contribution in [2.75, 3.05) is 26.4 Å². The number of nitrogens with zero attached hydrogens (tertiary/aromatic N) is 1. The number of hydrogen-bond donors (Lipinski definition) is 4. The number of halogens is 1. The second-order valence-electron chi connectivity index (χ2n) is 4.13. The van der Waals surface area contributed by atoms with Gasteiger partial charge in [0, 0.05) is 18.7 Å². The van der Waals surface area contributed by atoms with Crippen molar-refractivity contribution in [2.24, 2.45) is 10.9 Å². The number of rotatable bonds is 9. The summed E-state index contributed by atoms with van der Waals surface area (Å²) in [5, 5.41) is 23.0. The molecule has 6 nitrogen and oxygen atoms in total. The van der Waals surface area contributed by atoms with E-state index in [-0.39, 0.29) is 18.0 Å². The molecule has 1 rings (SSSR count). The maximum atomic E-state index is 14.0. The minimum atomic E-state index is -0.494. The Kier molecular flexibility index (Phi) is 7.56. The summed E-state index contributed by atoms with van der Waals surface area (Å²) in [7, 11) is 0. The van der Waals surface area contributed by atoms with Crippen molar-refractivity contribution in [2.45, 2.75) is 13.0 Å². The molecule has 0 spiro atoms. The summed E-state index contributed by atoms with van der Waals surface area (Å²) < 4.78 is 19.1. The molecule has 5 N–H and O–H groups in total. The van der Waals surface area contributed by atoms with Gasteiger partial charge in [-0.3, -0.25) is 0 Å². The van der Waals surface area contributed by atoms with Crippen LogP contribution in [0.2, 0.25) is 0 Å². The standard InChI is InChI=1S/C13H20FN3O3/c14-12-10(3-1-4-11(12)13(15)17-19)9-16-5-2-7-20-8-6-18/h1,3-4,16,18-19H,2,5-9H2,(H2,15,17). The molecule has 0 saturated heterocycles. The number of aliphatic hydroxyl groups is 1. The number of amidine groups is 1. The van der Waals surface area contributed by atoms with Gasteiger partial charge in [0.15, 0.2) is 5.84 Å². The van der Waals surface area contributed by atoms with Gasteiger partial charge in [-0.2, -0.15) is 0 Å². The molecule has 0 bridgehead atoms. The van der Waals surface area contributed by atoms with E-state index in [4.69, 9.17) is 20.8 Å². The Bertz CT molecular complexity index is 441. The van der Waals surface area contributed by atoms with E-state index in [1.54, 1.807) is 12.1 Å². The summed E-state index contributed by atoms with van der Waals surface area (Å²) in [5.74, 6) is -0.742. The molecule has 0 fully saturated rings. The summed E-state index contributed by atoms with van der Waals surface area (Å²) in [4.78, 5) is 0.